The van der Waals surface area contributed by atoms with Gasteiger partial charge in [-0.2, -0.15) is 5.10 Å². The fraction of sp³-hybridized carbons (Fsp3) is 0.133. The van der Waals surface area contributed by atoms with Gasteiger partial charge in [-0.3, -0.25) is 4.79 Å². The number of carbonyl (C=O) groups excluding carboxylic acids is 1. The second kappa shape index (κ2) is 7.04. The highest BCUT2D eigenvalue weighted by Gasteiger charge is 2.06. The quantitative estimate of drug-likeness (QED) is 0.432. The molecule has 0 aliphatic carbocycles. The zero-order valence-electron chi connectivity index (χ0n) is 11.8. The lowest BCUT2D eigenvalue weighted by molar-refractivity contribution is -0.118. The zero-order chi connectivity index (χ0) is 15.4. The van der Waals surface area contributed by atoms with E-state index in [1.54, 1.807) is 28.9 Å². The van der Waals surface area contributed by atoms with Crippen LogP contribution < -0.4 is 5.43 Å². The first-order valence-electron chi connectivity index (χ1n) is 6.57. The summed E-state index contributed by atoms with van der Waals surface area (Å²) in [5.74, 6) is 0.175. The number of aryl methyl sites for hydroxylation is 1. The standard InChI is InChI=1S/C15H13N3OS3/c1-10-6-7-11(21-10)8-16-18-14(19)9-20-15-17-12-4-2-3-5-13(12)22-15/h2-8H,9H2,1H3,(H,18,19). The molecule has 0 fully saturated rings. The van der Waals surface area contributed by atoms with Crippen LogP contribution in [0, 0.1) is 6.92 Å². The average molecular weight is 347 g/mol. The zero-order valence-corrected chi connectivity index (χ0v) is 14.2. The van der Waals surface area contributed by atoms with E-state index in [0.717, 1.165) is 19.4 Å². The van der Waals surface area contributed by atoms with Crippen molar-refractivity contribution in [2.45, 2.75) is 11.3 Å². The largest absolute Gasteiger partial charge is 0.272 e. The summed E-state index contributed by atoms with van der Waals surface area (Å²) < 4.78 is 2.03. The minimum absolute atomic E-state index is 0.131. The van der Waals surface area contributed by atoms with E-state index >= 15 is 0 Å². The molecule has 3 aromatic rings. The van der Waals surface area contributed by atoms with Gasteiger partial charge in [-0.05, 0) is 31.2 Å². The van der Waals surface area contributed by atoms with Crippen LogP contribution in [0.5, 0.6) is 0 Å². The lowest BCUT2D eigenvalue weighted by Crippen LogP contribution is -2.19. The van der Waals surface area contributed by atoms with Crippen LogP contribution in [0.15, 0.2) is 45.8 Å². The molecule has 0 spiro atoms. The van der Waals surface area contributed by atoms with E-state index in [1.807, 2.05) is 43.3 Å². The van der Waals surface area contributed by atoms with Crippen molar-refractivity contribution in [3.8, 4) is 0 Å². The molecule has 1 amide bonds. The molecule has 3 rings (SSSR count). The summed E-state index contributed by atoms with van der Waals surface area (Å²) in [4.78, 5) is 18.5. The van der Waals surface area contributed by atoms with Crippen molar-refractivity contribution in [2.75, 3.05) is 5.75 Å². The molecule has 22 heavy (non-hydrogen) atoms. The van der Waals surface area contributed by atoms with Crippen LogP contribution in [0.3, 0.4) is 0 Å². The summed E-state index contributed by atoms with van der Waals surface area (Å²) in [5.41, 5.74) is 3.51. The van der Waals surface area contributed by atoms with E-state index in [0.29, 0.717) is 5.75 Å². The Hall–Kier alpha value is -1.70. The van der Waals surface area contributed by atoms with E-state index in [4.69, 9.17) is 0 Å². The monoisotopic (exact) mass is 347 g/mol. The molecule has 4 nitrogen and oxygen atoms in total. The van der Waals surface area contributed by atoms with Crippen molar-refractivity contribution >= 4 is 56.8 Å². The third-order valence-corrected chi connectivity index (χ3v) is 5.86. The summed E-state index contributed by atoms with van der Waals surface area (Å²) in [5, 5.41) is 3.97. The second-order valence-electron chi connectivity index (χ2n) is 4.48. The number of aromatic nitrogens is 1. The molecule has 2 aromatic heterocycles. The summed E-state index contributed by atoms with van der Waals surface area (Å²) in [6.07, 6.45) is 1.66. The van der Waals surface area contributed by atoms with Crippen molar-refractivity contribution < 1.29 is 4.79 Å². The van der Waals surface area contributed by atoms with Gasteiger partial charge in [0.15, 0.2) is 4.34 Å². The number of fused-ring (bicyclic) bond motifs is 1. The molecule has 7 heteroatoms. The van der Waals surface area contributed by atoms with Gasteiger partial charge in [-0.15, -0.1) is 22.7 Å². The van der Waals surface area contributed by atoms with Crippen molar-refractivity contribution in [1.82, 2.24) is 10.4 Å². The predicted molar refractivity (Wildman–Crippen MR) is 95.1 cm³/mol. The van der Waals surface area contributed by atoms with Crippen LogP contribution in [0.4, 0.5) is 0 Å². The maximum absolute atomic E-state index is 11.8. The van der Waals surface area contributed by atoms with Crippen molar-refractivity contribution in [3.63, 3.8) is 0 Å². The summed E-state index contributed by atoms with van der Waals surface area (Å²) in [6, 6.07) is 12.0. The van der Waals surface area contributed by atoms with Crippen LogP contribution in [0.2, 0.25) is 0 Å². The Kier molecular flexibility index (Phi) is 4.87. The minimum Gasteiger partial charge on any atom is -0.272 e. The lowest BCUT2D eigenvalue weighted by atomic mass is 10.3. The first kappa shape index (κ1) is 15.2. The number of hydrogen-bond acceptors (Lipinski definition) is 6. The summed E-state index contributed by atoms with van der Waals surface area (Å²) >= 11 is 4.66. The summed E-state index contributed by atoms with van der Waals surface area (Å²) in [6.45, 7) is 2.04. The molecule has 0 atom stereocenters. The molecule has 0 aliphatic heterocycles. The fourth-order valence-corrected chi connectivity index (χ4v) is 4.37. The van der Waals surface area contributed by atoms with E-state index in [1.165, 1.54) is 16.6 Å². The third-order valence-electron chi connectivity index (χ3n) is 2.74. The van der Waals surface area contributed by atoms with E-state index in [-0.39, 0.29) is 5.91 Å². The highest BCUT2D eigenvalue weighted by Crippen LogP contribution is 2.28. The van der Waals surface area contributed by atoms with Crippen LogP contribution in [-0.4, -0.2) is 22.9 Å². The average Bonchev–Trinajstić information content (AvgIpc) is 3.11. The highest BCUT2D eigenvalue weighted by atomic mass is 32.2. The molecular formula is C15H13N3OS3. The number of para-hydroxylation sites is 1. The second-order valence-corrected chi connectivity index (χ2v) is 8.05. The van der Waals surface area contributed by atoms with Crippen LogP contribution in [0.25, 0.3) is 10.2 Å². The first-order valence-corrected chi connectivity index (χ1v) is 9.19. The Morgan fingerprint density at radius 1 is 1.32 bits per heavy atom. The summed E-state index contributed by atoms with van der Waals surface area (Å²) in [7, 11) is 0. The molecule has 1 aromatic carbocycles. The van der Waals surface area contributed by atoms with Crippen LogP contribution in [0.1, 0.15) is 9.75 Å². The fourth-order valence-electron chi connectivity index (χ4n) is 1.76. The normalized spacial score (nSPS) is 11.3. The van der Waals surface area contributed by atoms with Gasteiger partial charge in [0.1, 0.15) is 0 Å². The Bertz CT molecular complexity index is 789. The number of nitrogens with zero attached hydrogens (tertiary/aromatic N) is 2. The van der Waals surface area contributed by atoms with Crippen molar-refractivity contribution in [2.24, 2.45) is 5.10 Å². The molecule has 0 bridgehead atoms. The Balaban J connectivity index is 1.50. The van der Waals surface area contributed by atoms with E-state index < -0.39 is 0 Å². The SMILES string of the molecule is Cc1ccc(C=NNC(=O)CSc2nc3ccccc3s2)s1. The van der Waals surface area contributed by atoms with Gasteiger partial charge in [-0.25, -0.2) is 10.4 Å². The minimum atomic E-state index is -0.131. The number of nitrogens with one attached hydrogen (secondary N) is 1. The van der Waals surface area contributed by atoms with Crippen molar-refractivity contribution in [3.05, 3.63) is 46.2 Å². The van der Waals surface area contributed by atoms with Gasteiger partial charge in [-0.1, -0.05) is 23.9 Å². The number of hydrogen-bond donors (Lipinski definition) is 1. The van der Waals surface area contributed by atoms with Crippen LogP contribution in [-0.2, 0) is 4.79 Å². The molecule has 0 aliphatic rings. The van der Waals surface area contributed by atoms with Gasteiger partial charge in [0, 0.05) is 9.75 Å². The number of thiophene rings is 1. The van der Waals surface area contributed by atoms with Gasteiger partial charge >= 0.3 is 0 Å². The number of thioether (sulfide) groups is 1. The first-order chi connectivity index (χ1) is 10.7. The third kappa shape index (κ3) is 3.94. The Morgan fingerprint density at radius 3 is 2.95 bits per heavy atom. The smallest absolute Gasteiger partial charge is 0.250 e. The maximum atomic E-state index is 11.8. The predicted octanol–water partition coefficient (Wildman–Crippen LogP) is 3.91. The van der Waals surface area contributed by atoms with E-state index in [2.05, 4.69) is 15.5 Å². The molecule has 0 unspecified atom stereocenters. The number of carbonyl (C=O) groups is 1. The van der Waals surface area contributed by atoms with E-state index in [9.17, 15) is 4.79 Å². The topological polar surface area (TPSA) is 54.4 Å². The Labute approximate surface area is 140 Å². The number of thiazole rings is 1. The molecular weight excluding hydrogens is 334 g/mol. The van der Waals surface area contributed by atoms with Gasteiger partial charge in [0.05, 0.1) is 22.2 Å². The van der Waals surface area contributed by atoms with Crippen LogP contribution >= 0.6 is 34.4 Å². The molecule has 2 heterocycles. The maximum Gasteiger partial charge on any atom is 0.250 e. The molecule has 1 N–H and O–H groups in total. The van der Waals surface area contributed by atoms with Gasteiger partial charge in [0.25, 0.3) is 5.91 Å². The molecule has 112 valence electrons. The van der Waals surface area contributed by atoms with Gasteiger partial charge < -0.3 is 0 Å². The van der Waals surface area contributed by atoms with Crippen molar-refractivity contribution in [1.29, 1.82) is 0 Å². The number of benzene rings is 1. The van der Waals surface area contributed by atoms with Gasteiger partial charge in [0.2, 0.25) is 0 Å². The lowest BCUT2D eigenvalue weighted by Gasteiger charge is -1.96. The molecule has 0 saturated carbocycles. The molecule has 0 radical (unpaired) electrons. The molecule has 0 saturated heterocycles. The highest BCUT2D eigenvalue weighted by molar-refractivity contribution is 8.01. The number of rotatable bonds is 5. The Morgan fingerprint density at radius 2 is 2.18 bits per heavy atom. The number of hydrazone groups is 1. The number of amides is 1.